The number of thioether (sulfide) groups is 1. The summed E-state index contributed by atoms with van der Waals surface area (Å²) < 4.78 is 0.659. The molecule has 1 aliphatic rings. The molecule has 4 nitrogen and oxygen atoms in total. The van der Waals surface area contributed by atoms with Crippen LogP contribution in [-0.4, -0.2) is 46.0 Å². The van der Waals surface area contributed by atoms with Gasteiger partial charge in [0.2, 0.25) is 0 Å². The van der Waals surface area contributed by atoms with Gasteiger partial charge >= 0.3 is 5.97 Å². The minimum absolute atomic E-state index is 0.0373. The Balaban J connectivity index is 2.25. The van der Waals surface area contributed by atoms with Gasteiger partial charge in [-0.1, -0.05) is 17.7 Å². The van der Waals surface area contributed by atoms with Crippen molar-refractivity contribution in [3.63, 3.8) is 0 Å². The molecule has 1 amide bonds. The van der Waals surface area contributed by atoms with E-state index in [9.17, 15) is 9.59 Å². The molecule has 2 rings (SSSR count). The van der Waals surface area contributed by atoms with Crippen LogP contribution in [-0.2, 0) is 4.79 Å². The van der Waals surface area contributed by atoms with E-state index in [-0.39, 0.29) is 18.4 Å². The zero-order valence-corrected chi connectivity index (χ0v) is 13.7. The van der Waals surface area contributed by atoms with Gasteiger partial charge in [-0.25, -0.2) is 0 Å². The van der Waals surface area contributed by atoms with Crippen molar-refractivity contribution >= 4 is 51.2 Å². The fraction of sp³-hybridized carbons (Fsp3) is 0.385. The summed E-state index contributed by atoms with van der Waals surface area (Å²) in [6, 6.07) is 4.89. The lowest BCUT2D eigenvalue weighted by Crippen LogP contribution is -2.47. The van der Waals surface area contributed by atoms with Crippen molar-refractivity contribution in [2.75, 3.05) is 18.1 Å². The molecule has 108 valence electrons. The van der Waals surface area contributed by atoms with Gasteiger partial charge in [0.05, 0.1) is 23.0 Å². The molecular weight excluding hydrogens is 366 g/mol. The van der Waals surface area contributed by atoms with E-state index in [0.29, 0.717) is 27.4 Å². The van der Waals surface area contributed by atoms with E-state index in [2.05, 4.69) is 15.9 Å². The molecule has 1 heterocycles. The SMILES string of the molecule is O=C(O)CC1CSCCN1C(=O)c1cccc(Br)c1Cl. The molecule has 20 heavy (non-hydrogen) atoms. The highest BCUT2D eigenvalue weighted by Crippen LogP contribution is 2.29. The van der Waals surface area contributed by atoms with Gasteiger partial charge in [-0.05, 0) is 28.1 Å². The summed E-state index contributed by atoms with van der Waals surface area (Å²) in [7, 11) is 0. The lowest BCUT2D eigenvalue weighted by molar-refractivity contribution is -0.138. The van der Waals surface area contributed by atoms with E-state index in [0.717, 1.165) is 5.75 Å². The number of amides is 1. The van der Waals surface area contributed by atoms with Gasteiger partial charge in [0.15, 0.2) is 0 Å². The van der Waals surface area contributed by atoms with Crippen LogP contribution in [0.2, 0.25) is 5.02 Å². The summed E-state index contributed by atoms with van der Waals surface area (Å²) in [5, 5.41) is 9.32. The third-order valence-corrected chi connectivity index (χ3v) is 5.47. The number of rotatable bonds is 3. The van der Waals surface area contributed by atoms with Gasteiger partial charge in [-0.2, -0.15) is 11.8 Å². The largest absolute Gasteiger partial charge is 0.481 e. The van der Waals surface area contributed by atoms with Crippen molar-refractivity contribution < 1.29 is 14.7 Å². The molecule has 1 atom stereocenters. The minimum atomic E-state index is -0.893. The molecule has 1 aromatic rings. The van der Waals surface area contributed by atoms with Crippen LogP contribution in [0.25, 0.3) is 0 Å². The molecule has 1 saturated heterocycles. The fourth-order valence-corrected chi connectivity index (χ4v) is 3.75. The van der Waals surface area contributed by atoms with Gasteiger partial charge in [0.1, 0.15) is 0 Å². The maximum atomic E-state index is 12.6. The van der Waals surface area contributed by atoms with Gasteiger partial charge in [0, 0.05) is 22.5 Å². The molecule has 0 spiro atoms. The molecule has 1 N–H and O–H groups in total. The Labute approximate surface area is 134 Å². The van der Waals surface area contributed by atoms with Crippen LogP contribution in [0.3, 0.4) is 0 Å². The van der Waals surface area contributed by atoms with Crippen molar-refractivity contribution in [1.82, 2.24) is 4.90 Å². The monoisotopic (exact) mass is 377 g/mol. The third-order valence-electron chi connectivity index (χ3n) is 3.08. The highest BCUT2D eigenvalue weighted by Gasteiger charge is 2.30. The number of carbonyl (C=O) groups excluding carboxylic acids is 1. The Bertz CT molecular complexity index is 540. The third kappa shape index (κ3) is 3.48. The normalized spacial score (nSPS) is 18.9. The highest BCUT2D eigenvalue weighted by atomic mass is 79.9. The standard InChI is InChI=1S/C13H13BrClNO3S/c14-10-3-1-2-9(12(10)15)13(19)16-4-5-20-7-8(16)6-11(17)18/h1-3,8H,4-7H2,(H,17,18). The Hall–Kier alpha value is -0.720. The number of halogens is 2. The summed E-state index contributed by atoms with van der Waals surface area (Å²) in [6.07, 6.45) is -0.0373. The number of nitrogens with zero attached hydrogens (tertiary/aromatic N) is 1. The molecule has 0 aromatic heterocycles. The number of aliphatic carboxylic acids is 1. The number of hydrogen-bond donors (Lipinski definition) is 1. The predicted molar refractivity (Wildman–Crippen MR) is 83.6 cm³/mol. The van der Waals surface area contributed by atoms with E-state index < -0.39 is 5.97 Å². The van der Waals surface area contributed by atoms with Crippen LogP contribution in [0.4, 0.5) is 0 Å². The molecule has 7 heteroatoms. The second-order valence-corrected chi connectivity index (χ2v) is 6.81. The van der Waals surface area contributed by atoms with E-state index in [4.69, 9.17) is 16.7 Å². The number of carboxylic acid groups (broad SMARTS) is 1. The number of hydrogen-bond acceptors (Lipinski definition) is 3. The Morgan fingerprint density at radius 1 is 1.50 bits per heavy atom. The Morgan fingerprint density at radius 3 is 2.95 bits per heavy atom. The smallest absolute Gasteiger partial charge is 0.305 e. The van der Waals surface area contributed by atoms with Crippen LogP contribution < -0.4 is 0 Å². The quantitative estimate of drug-likeness (QED) is 0.878. The minimum Gasteiger partial charge on any atom is -0.481 e. The fourth-order valence-electron chi connectivity index (χ4n) is 2.12. The number of carbonyl (C=O) groups is 2. The van der Waals surface area contributed by atoms with Crippen LogP contribution >= 0.6 is 39.3 Å². The first-order chi connectivity index (χ1) is 9.50. The van der Waals surface area contributed by atoms with Gasteiger partial charge < -0.3 is 10.0 Å². The van der Waals surface area contributed by atoms with Crippen molar-refractivity contribution in [1.29, 1.82) is 0 Å². The molecule has 0 saturated carbocycles. The second kappa shape index (κ2) is 6.83. The predicted octanol–water partition coefficient (Wildman–Crippen LogP) is 3.13. The lowest BCUT2D eigenvalue weighted by atomic mass is 10.1. The maximum Gasteiger partial charge on any atom is 0.305 e. The van der Waals surface area contributed by atoms with Crippen LogP contribution in [0.5, 0.6) is 0 Å². The van der Waals surface area contributed by atoms with Gasteiger partial charge in [0.25, 0.3) is 5.91 Å². The topological polar surface area (TPSA) is 57.6 Å². The van der Waals surface area contributed by atoms with Crippen molar-refractivity contribution in [3.05, 3.63) is 33.3 Å². The first-order valence-corrected chi connectivity index (χ1v) is 8.37. The Kier molecular flexibility index (Phi) is 5.35. The van der Waals surface area contributed by atoms with Gasteiger partial charge in [-0.3, -0.25) is 9.59 Å². The molecule has 0 bridgehead atoms. The molecular formula is C13H13BrClNO3S. The average molecular weight is 379 g/mol. The summed E-state index contributed by atoms with van der Waals surface area (Å²) >= 11 is 11.1. The van der Waals surface area contributed by atoms with E-state index in [1.165, 1.54) is 0 Å². The second-order valence-electron chi connectivity index (χ2n) is 4.43. The highest BCUT2D eigenvalue weighted by molar-refractivity contribution is 9.10. The van der Waals surface area contributed by atoms with Crippen molar-refractivity contribution in [2.24, 2.45) is 0 Å². The summed E-state index contributed by atoms with van der Waals surface area (Å²) in [5.41, 5.74) is 0.406. The zero-order chi connectivity index (χ0) is 14.7. The van der Waals surface area contributed by atoms with E-state index >= 15 is 0 Å². The molecule has 0 aliphatic carbocycles. The van der Waals surface area contributed by atoms with Crippen molar-refractivity contribution in [3.8, 4) is 0 Å². The number of carboxylic acids is 1. The number of benzene rings is 1. The van der Waals surface area contributed by atoms with Gasteiger partial charge in [-0.15, -0.1) is 0 Å². The summed E-state index contributed by atoms with van der Waals surface area (Å²) in [4.78, 5) is 25.1. The maximum absolute atomic E-state index is 12.6. The molecule has 0 radical (unpaired) electrons. The molecule has 1 fully saturated rings. The first kappa shape index (κ1) is 15.7. The van der Waals surface area contributed by atoms with Crippen LogP contribution in [0.1, 0.15) is 16.8 Å². The summed E-state index contributed by atoms with van der Waals surface area (Å²) in [5.74, 6) is 0.357. The van der Waals surface area contributed by atoms with E-state index in [1.54, 1.807) is 34.9 Å². The molecule has 1 aromatic carbocycles. The zero-order valence-electron chi connectivity index (χ0n) is 10.5. The van der Waals surface area contributed by atoms with Crippen LogP contribution in [0, 0.1) is 0 Å². The average Bonchev–Trinajstić information content (AvgIpc) is 2.41. The molecule has 1 aliphatic heterocycles. The summed E-state index contributed by atoms with van der Waals surface area (Å²) in [6.45, 7) is 0.546. The Morgan fingerprint density at radius 2 is 2.25 bits per heavy atom. The van der Waals surface area contributed by atoms with E-state index in [1.807, 2.05) is 0 Å². The lowest BCUT2D eigenvalue weighted by Gasteiger charge is -2.34. The van der Waals surface area contributed by atoms with Crippen molar-refractivity contribution in [2.45, 2.75) is 12.5 Å². The van der Waals surface area contributed by atoms with Crippen LogP contribution in [0.15, 0.2) is 22.7 Å². The molecule has 1 unspecified atom stereocenters. The first-order valence-electron chi connectivity index (χ1n) is 6.05.